The number of carbonyl (C=O) groups is 4. The van der Waals surface area contributed by atoms with Gasteiger partial charge >= 0.3 is 18.0 Å². The molecular formula is C24H15Br2N3O9. The summed E-state index contributed by atoms with van der Waals surface area (Å²) in [6.45, 7) is -0.247. The van der Waals surface area contributed by atoms with Crippen LogP contribution >= 0.6 is 31.9 Å². The molecule has 2 heterocycles. The van der Waals surface area contributed by atoms with Crippen molar-refractivity contribution < 1.29 is 38.0 Å². The van der Waals surface area contributed by atoms with Crippen molar-refractivity contribution in [3.05, 3.63) is 95.9 Å². The molecule has 0 unspecified atom stereocenters. The van der Waals surface area contributed by atoms with Crippen molar-refractivity contribution in [1.29, 1.82) is 0 Å². The normalized spacial score (nSPS) is 14.0. The lowest BCUT2D eigenvalue weighted by Gasteiger charge is -2.11. The molecule has 0 atom stereocenters. The van der Waals surface area contributed by atoms with Gasteiger partial charge in [-0.25, -0.2) is 14.4 Å². The molecule has 3 aromatic rings. The van der Waals surface area contributed by atoms with Crippen LogP contribution in [0.15, 0.2) is 67.6 Å². The van der Waals surface area contributed by atoms with Crippen LogP contribution in [0.1, 0.15) is 32.2 Å². The molecule has 12 nitrogen and oxygen atoms in total. The standard InChI is InChI=1S/C24H15Br2N3O9/c1-36-23(32)19-7-6-16(37-19)11-28-21(30)18(27-24(28)33)9-13-8-14(25)10-17(26)20(13)38-22(31)12-2-4-15(5-3-12)29(34)35/h2-10H,11H2,1H3,(H,27,33)/b18-9+. The topological polar surface area (TPSA) is 158 Å². The number of imide groups is 1. The number of ether oxygens (including phenoxy) is 2. The molecule has 0 saturated carbocycles. The van der Waals surface area contributed by atoms with Gasteiger partial charge < -0.3 is 19.2 Å². The van der Waals surface area contributed by atoms with E-state index in [9.17, 15) is 29.3 Å². The number of non-ortho nitro benzene ring substituents is 1. The first kappa shape index (κ1) is 26.8. The van der Waals surface area contributed by atoms with Gasteiger partial charge in [0.15, 0.2) is 5.75 Å². The lowest BCUT2D eigenvalue weighted by molar-refractivity contribution is -0.384. The number of urea groups is 1. The van der Waals surface area contributed by atoms with Crippen molar-refractivity contribution in [2.24, 2.45) is 0 Å². The molecule has 1 aliphatic rings. The summed E-state index contributed by atoms with van der Waals surface area (Å²) in [7, 11) is 1.19. The van der Waals surface area contributed by atoms with Crippen LogP contribution in [0.25, 0.3) is 6.08 Å². The third-order valence-electron chi connectivity index (χ3n) is 5.17. The van der Waals surface area contributed by atoms with Crippen molar-refractivity contribution >= 4 is 67.5 Å². The van der Waals surface area contributed by atoms with Crippen molar-refractivity contribution in [3.8, 4) is 5.75 Å². The van der Waals surface area contributed by atoms with Crippen LogP contribution < -0.4 is 10.1 Å². The summed E-state index contributed by atoms with van der Waals surface area (Å²) in [6, 6.07) is 10.1. The molecule has 38 heavy (non-hydrogen) atoms. The van der Waals surface area contributed by atoms with Crippen LogP contribution in [0.2, 0.25) is 0 Å². The maximum absolute atomic E-state index is 13.0. The summed E-state index contributed by atoms with van der Waals surface area (Å²) in [6.07, 6.45) is 1.33. The molecule has 3 amide bonds. The van der Waals surface area contributed by atoms with E-state index in [0.717, 1.165) is 4.90 Å². The molecule has 1 aromatic heterocycles. The van der Waals surface area contributed by atoms with E-state index in [2.05, 4.69) is 41.9 Å². The number of nitro benzene ring substituents is 1. The fourth-order valence-corrected chi connectivity index (χ4v) is 4.70. The van der Waals surface area contributed by atoms with Crippen molar-refractivity contribution in [1.82, 2.24) is 10.2 Å². The lowest BCUT2D eigenvalue weighted by Crippen LogP contribution is -2.30. The summed E-state index contributed by atoms with van der Waals surface area (Å²) in [5, 5.41) is 13.3. The fourth-order valence-electron chi connectivity index (χ4n) is 3.37. The number of benzene rings is 2. The predicted molar refractivity (Wildman–Crippen MR) is 137 cm³/mol. The minimum Gasteiger partial charge on any atom is -0.463 e. The predicted octanol–water partition coefficient (Wildman–Crippen LogP) is 4.81. The zero-order valence-corrected chi connectivity index (χ0v) is 22.4. The molecule has 2 aromatic carbocycles. The number of amides is 3. The third kappa shape index (κ3) is 5.65. The first-order valence-corrected chi connectivity index (χ1v) is 12.1. The smallest absolute Gasteiger partial charge is 0.373 e. The maximum Gasteiger partial charge on any atom is 0.373 e. The number of nitro groups is 1. The Morgan fingerprint density at radius 2 is 1.82 bits per heavy atom. The zero-order chi connectivity index (χ0) is 27.6. The lowest BCUT2D eigenvalue weighted by atomic mass is 10.1. The highest BCUT2D eigenvalue weighted by atomic mass is 79.9. The molecule has 1 saturated heterocycles. The number of halogens is 2. The van der Waals surface area contributed by atoms with Crippen molar-refractivity contribution in [2.45, 2.75) is 6.54 Å². The van der Waals surface area contributed by atoms with E-state index in [-0.39, 0.29) is 46.3 Å². The summed E-state index contributed by atoms with van der Waals surface area (Å²) < 4.78 is 16.4. The maximum atomic E-state index is 13.0. The molecule has 1 N–H and O–H groups in total. The first-order valence-electron chi connectivity index (χ1n) is 10.5. The molecular weight excluding hydrogens is 634 g/mol. The Kier molecular flexibility index (Phi) is 7.73. The molecule has 1 aliphatic heterocycles. The number of furan rings is 1. The minimum atomic E-state index is -0.801. The molecule has 4 rings (SSSR count). The fraction of sp³-hybridized carbons (Fsp3) is 0.0833. The zero-order valence-electron chi connectivity index (χ0n) is 19.2. The largest absolute Gasteiger partial charge is 0.463 e. The monoisotopic (exact) mass is 647 g/mol. The number of hydrogen-bond donors (Lipinski definition) is 1. The van der Waals surface area contributed by atoms with E-state index >= 15 is 0 Å². The van der Waals surface area contributed by atoms with Gasteiger partial charge in [0, 0.05) is 22.2 Å². The number of esters is 2. The number of carbonyl (C=O) groups excluding carboxylic acids is 4. The second kappa shape index (κ2) is 11.0. The van der Waals surface area contributed by atoms with Crippen LogP contribution in [-0.4, -0.2) is 40.8 Å². The van der Waals surface area contributed by atoms with Gasteiger partial charge in [-0.1, -0.05) is 15.9 Å². The number of nitrogens with zero attached hydrogens (tertiary/aromatic N) is 2. The Balaban J connectivity index is 1.59. The number of hydrogen-bond acceptors (Lipinski definition) is 9. The first-order chi connectivity index (χ1) is 18.1. The Hall–Kier alpha value is -4.30. The average Bonchev–Trinajstić information content (AvgIpc) is 3.46. The second-order valence-electron chi connectivity index (χ2n) is 7.64. The molecule has 1 fully saturated rings. The average molecular weight is 649 g/mol. The molecule has 0 spiro atoms. The molecule has 194 valence electrons. The van der Waals surface area contributed by atoms with Crippen molar-refractivity contribution in [3.63, 3.8) is 0 Å². The molecule has 0 radical (unpaired) electrons. The van der Waals surface area contributed by atoms with Crippen LogP contribution in [0.4, 0.5) is 10.5 Å². The molecule has 0 aliphatic carbocycles. The van der Waals surface area contributed by atoms with Gasteiger partial charge in [-0.2, -0.15) is 0 Å². The van der Waals surface area contributed by atoms with Crippen LogP contribution in [0.5, 0.6) is 5.75 Å². The van der Waals surface area contributed by atoms with Gasteiger partial charge in [0.05, 0.1) is 28.6 Å². The van der Waals surface area contributed by atoms with Gasteiger partial charge in [-0.15, -0.1) is 0 Å². The molecule has 14 heteroatoms. The van der Waals surface area contributed by atoms with E-state index in [1.54, 1.807) is 12.1 Å². The van der Waals surface area contributed by atoms with Crippen LogP contribution in [0, 0.1) is 10.1 Å². The SMILES string of the molecule is COC(=O)c1ccc(CN2C(=O)N/C(=C/c3cc(Br)cc(Br)c3OC(=O)c3ccc([N+](=O)[O-])cc3)C2=O)o1. The highest BCUT2D eigenvalue weighted by Crippen LogP contribution is 2.35. The molecule has 0 bridgehead atoms. The van der Waals surface area contributed by atoms with E-state index in [0.29, 0.717) is 8.95 Å². The summed E-state index contributed by atoms with van der Waals surface area (Å²) in [4.78, 5) is 61.0. The van der Waals surface area contributed by atoms with Gasteiger partial charge in [0.2, 0.25) is 5.76 Å². The number of rotatable bonds is 7. The summed E-state index contributed by atoms with van der Waals surface area (Å²) >= 11 is 6.66. The van der Waals surface area contributed by atoms with Crippen molar-refractivity contribution in [2.75, 3.05) is 7.11 Å². The van der Waals surface area contributed by atoms with Gasteiger partial charge in [0.1, 0.15) is 11.5 Å². The Morgan fingerprint density at radius 1 is 1.11 bits per heavy atom. The number of nitrogens with one attached hydrogen (secondary N) is 1. The number of methoxy groups -OCH3 is 1. The Morgan fingerprint density at radius 3 is 2.47 bits per heavy atom. The third-order valence-corrected chi connectivity index (χ3v) is 6.22. The quantitative estimate of drug-likeness (QED) is 0.0947. The van der Waals surface area contributed by atoms with Gasteiger partial charge in [-0.05, 0) is 58.4 Å². The van der Waals surface area contributed by atoms with E-state index in [1.165, 1.54) is 49.6 Å². The Bertz CT molecular complexity index is 1510. The van der Waals surface area contributed by atoms with Crippen LogP contribution in [-0.2, 0) is 16.1 Å². The van der Waals surface area contributed by atoms with E-state index in [4.69, 9.17) is 9.15 Å². The highest BCUT2D eigenvalue weighted by Gasteiger charge is 2.35. The van der Waals surface area contributed by atoms with Gasteiger partial charge in [0.25, 0.3) is 11.6 Å². The minimum absolute atomic E-state index is 0.0401. The van der Waals surface area contributed by atoms with Crippen LogP contribution in [0.3, 0.4) is 0 Å². The highest BCUT2D eigenvalue weighted by molar-refractivity contribution is 9.11. The van der Waals surface area contributed by atoms with E-state index in [1.807, 2.05) is 0 Å². The Labute approximate surface area is 230 Å². The second-order valence-corrected chi connectivity index (χ2v) is 9.41. The van der Waals surface area contributed by atoms with Gasteiger partial charge in [-0.3, -0.25) is 19.8 Å². The summed E-state index contributed by atoms with van der Waals surface area (Å²) in [5.74, 6) is -2.05. The van der Waals surface area contributed by atoms with E-state index < -0.39 is 28.8 Å². The summed E-state index contributed by atoms with van der Waals surface area (Å²) in [5.41, 5.74) is 0.0310.